The molecule has 2 saturated heterocycles. The van der Waals surface area contributed by atoms with E-state index >= 15 is 0 Å². The number of fused-ring (bicyclic) bond motifs is 1. The Labute approximate surface area is 149 Å². The van der Waals surface area contributed by atoms with Crippen molar-refractivity contribution in [3.05, 3.63) is 35.9 Å². The van der Waals surface area contributed by atoms with Gasteiger partial charge in [-0.2, -0.15) is 0 Å². The van der Waals surface area contributed by atoms with E-state index in [0.29, 0.717) is 38.6 Å². The number of ether oxygens (including phenoxy) is 1. The van der Waals surface area contributed by atoms with Crippen molar-refractivity contribution in [2.24, 2.45) is 5.92 Å². The van der Waals surface area contributed by atoms with Gasteiger partial charge in [-0.15, -0.1) is 0 Å². The molecule has 25 heavy (non-hydrogen) atoms. The quantitative estimate of drug-likeness (QED) is 0.829. The highest BCUT2D eigenvalue weighted by Gasteiger charge is 2.41. The minimum absolute atomic E-state index is 0.0581. The van der Waals surface area contributed by atoms with Crippen LogP contribution >= 0.6 is 0 Å². The van der Waals surface area contributed by atoms with Crippen LogP contribution < -0.4 is 5.32 Å². The molecule has 6 nitrogen and oxygen atoms in total. The fourth-order valence-corrected chi connectivity index (χ4v) is 3.86. The molecule has 2 aliphatic rings. The maximum absolute atomic E-state index is 12.6. The molecule has 2 fully saturated rings. The Morgan fingerprint density at radius 2 is 2.08 bits per heavy atom. The number of hydrogen-bond acceptors (Lipinski definition) is 3. The second-order valence-corrected chi connectivity index (χ2v) is 6.86. The second kappa shape index (κ2) is 8.34. The first-order chi connectivity index (χ1) is 12.2. The first-order valence-corrected chi connectivity index (χ1v) is 9.04. The smallest absolute Gasteiger partial charge is 0.317 e. The number of carbonyl (C=O) groups excluding carboxylic acids is 2. The summed E-state index contributed by atoms with van der Waals surface area (Å²) in [5, 5.41) is 2.89. The number of likely N-dealkylation sites (tertiary alicyclic amines) is 2. The van der Waals surface area contributed by atoms with Gasteiger partial charge < -0.3 is 19.9 Å². The molecule has 0 saturated carbocycles. The Balaban J connectivity index is 1.68. The summed E-state index contributed by atoms with van der Waals surface area (Å²) >= 11 is 0. The molecule has 0 bridgehead atoms. The summed E-state index contributed by atoms with van der Waals surface area (Å²) in [7, 11) is 1.62. The van der Waals surface area contributed by atoms with Crippen LogP contribution in [0.1, 0.15) is 24.8 Å². The third-order valence-electron chi connectivity index (χ3n) is 5.16. The van der Waals surface area contributed by atoms with Gasteiger partial charge in [-0.05, 0) is 24.3 Å². The summed E-state index contributed by atoms with van der Waals surface area (Å²) < 4.78 is 4.98. The van der Waals surface area contributed by atoms with Crippen molar-refractivity contribution in [1.82, 2.24) is 15.1 Å². The van der Waals surface area contributed by atoms with Gasteiger partial charge >= 0.3 is 6.03 Å². The van der Waals surface area contributed by atoms with Crippen molar-refractivity contribution in [2.75, 3.05) is 33.4 Å². The number of methoxy groups -OCH3 is 1. The van der Waals surface area contributed by atoms with Crippen LogP contribution in [0.4, 0.5) is 4.79 Å². The van der Waals surface area contributed by atoms with Gasteiger partial charge in [-0.1, -0.05) is 30.3 Å². The Morgan fingerprint density at radius 1 is 1.28 bits per heavy atom. The Morgan fingerprint density at radius 3 is 2.84 bits per heavy atom. The van der Waals surface area contributed by atoms with Crippen LogP contribution in [0, 0.1) is 5.92 Å². The zero-order valence-corrected chi connectivity index (χ0v) is 14.8. The van der Waals surface area contributed by atoms with Gasteiger partial charge in [0.05, 0.1) is 12.6 Å². The fraction of sp³-hybridized carbons (Fsp3) is 0.579. The molecule has 1 aromatic carbocycles. The average molecular weight is 345 g/mol. The maximum Gasteiger partial charge on any atom is 0.317 e. The zero-order valence-electron chi connectivity index (χ0n) is 14.8. The van der Waals surface area contributed by atoms with Crippen LogP contribution in [0.3, 0.4) is 0 Å². The fourth-order valence-electron chi connectivity index (χ4n) is 3.86. The first-order valence-electron chi connectivity index (χ1n) is 9.04. The van der Waals surface area contributed by atoms with Gasteiger partial charge in [0.25, 0.3) is 0 Å². The summed E-state index contributed by atoms with van der Waals surface area (Å²) in [6.07, 6.45) is 2.52. The van der Waals surface area contributed by atoms with E-state index in [1.54, 1.807) is 7.11 Å². The molecule has 3 rings (SSSR count). The highest BCUT2D eigenvalue weighted by molar-refractivity contribution is 5.78. The summed E-state index contributed by atoms with van der Waals surface area (Å²) in [4.78, 5) is 28.8. The van der Waals surface area contributed by atoms with E-state index < -0.39 is 0 Å². The summed E-state index contributed by atoms with van der Waals surface area (Å²) in [5.41, 5.74) is 1.14. The topological polar surface area (TPSA) is 61.9 Å². The third kappa shape index (κ3) is 4.31. The number of nitrogens with zero attached hydrogens (tertiary/aromatic N) is 2. The molecule has 2 aliphatic heterocycles. The van der Waals surface area contributed by atoms with E-state index in [4.69, 9.17) is 4.74 Å². The summed E-state index contributed by atoms with van der Waals surface area (Å²) in [5.74, 6) is 0.571. The van der Waals surface area contributed by atoms with Crippen LogP contribution in [-0.2, 0) is 16.1 Å². The van der Waals surface area contributed by atoms with E-state index in [-0.39, 0.29) is 18.0 Å². The molecule has 1 N–H and O–H groups in total. The SMILES string of the molecule is COCCNC(=O)N1CC2CCCC(=O)N(Cc3ccccc3)C2C1. The predicted molar refractivity (Wildman–Crippen MR) is 95.0 cm³/mol. The highest BCUT2D eigenvalue weighted by Crippen LogP contribution is 2.31. The lowest BCUT2D eigenvalue weighted by Gasteiger charge is -2.30. The van der Waals surface area contributed by atoms with Crippen LogP contribution in [0.2, 0.25) is 0 Å². The van der Waals surface area contributed by atoms with Gasteiger partial charge in [-0.25, -0.2) is 4.79 Å². The number of amides is 3. The molecular formula is C19H27N3O3. The average Bonchev–Trinajstić information content (AvgIpc) is 2.99. The summed E-state index contributed by atoms with van der Waals surface area (Å²) in [6, 6.07) is 10.1. The molecule has 6 heteroatoms. The lowest BCUT2D eigenvalue weighted by atomic mass is 9.98. The Kier molecular flexibility index (Phi) is 5.91. The number of rotatable bonds is 5. The van der Waals surface area contributed by atoms with Gasteiger partial charge in [-0.3, -0.25) is 4.79 Å². The molecule has 0 aliphatic carbocycles. The van der Waals surface area contributed by atoms with E-state index in [2.05, 4.69) is 17.4 Å². The molecule has 0 aromatic heterocycles. The number of benzene rings is 1. The monoisotopic (exact) mass is 345 g/mol. The molecule has 2 unspecified atom stereocenters. The van der Waals surface area contributed by atoms with Gasteiger partial charge in [0.1, 0.15) is 0 Å². The van der Waals surface area contributed by atoms with Crippen molar-refractivity contribution in [2.45, 2.75) is 31.8 Å². The van der Waals surface area contributed by atoms with Crippen molar-refractivity contribution in [3.63, 3.8) is 0 Å². The van der Waals surface area contributed by atoms with Gasteiger partial charge in [0.15, 0.2) is 0 Å². The van der Waals surface area contributed by atoms with E-state index in [1.165, 1.54) is 0 Å². The van der Waals surface area contributed by atoms with Crippen molar-refractivity contribution >= 4 is 11.9 Å². The van der Waals surface area contributed by atoms with Crippen molar-refractivity contribution in [3.8, 4) is 0 Å². The normalized spacial score (nSPS) is 23.3. The molecule has 136 valence electrons. The van der Waals surface area contributed by atoms with Crippen LogP contribution in [0.15, 0.2) is 30.3 Å². The lowest BCUT2D eigenvalue weighted by molar-refractivity contribution is -0.133. The number of urea groups is 1. The maximum atomic E-state index is 12.6. The number of nitrogens with one attached hydrogen (secondary N) is 1. The zero-order chi connectivity index (χ0) is 17.6. The van der Waals surface area contributed by atoms with E-state index in [0.717, 1.165) is 24.9 Å². The number of carbonyl (C=O) groups is 2. The van der Waals surface area contributed by atoms with Gasteiger partial charge in [0.2, 0.25) is 5.91 Å². The van der Waals surface area contributed by atoms with Crippen molar-refractivity contribution < 1.29 is 14.3 Å². The van der Waals surface area contributed by atoms with E-state index in [1.807, 2.05) is 28.0 Å². The first kappa shape index (κ1) is 17.7. The molecule has 2 atom stereocenters. The minimum atomic E-state index is -0.0581. The van der Waals surface area contributed by atoms with E-state index in [9.17, 15) is 9.59 Å². The summed E-state index contributed by atoms with van der Waals surface area (Å²) in [6.45, 7) is 2.98. The minimum Gasteiger partial charge on any atom is -0.383 e. The van der Waals surface area contributed by atoms with Crippen molar-refractivity contribution in [1.29, 1.82) is 0 Å². The molecular weight excluding hydrogens is 318 g/mol. The molecule has 0 spiro atoms. The molecule has 0 radical (unpaired) electrons. The third-order valence-corrected chi connectivity index (χ3v) is 5.16. The van der Waals surface area contributed by atoms with Crippen LogP contribution in [0.25, 0.3) is 0 Å². The highest BCUT2D eigenvalue weighted by atomic mass is 16.5. The molecule has 3 amide bonds. The Bertz CT molecular complexity index is 593. The molecule has 1 aromatic rings. The van der Waals surface area contributed by atoms with Crippen LogP contribution in [-0.4, -0.2) is 61.1 Å². The largest absolute Gasteiger partial charge is 0.383 e. The molecule has 2 heterocycles. The second-order valence-electron chi connectivity index (χ2n) is 6.86. The Hall–Kier alpha value is -2.08. The lowest BCUT2D eigenvalue weighted by Crippen LogP contribution is -2.45. The number of hydrogen-bond donors (Lipinski definition) is 1. The van der Waals surface area contributed by atoms with Crippen LogP contribution in [0.5, 0.6) is 0 Å². The standard InChI is InChI=1S/C19H27N3O3/c1-25-11-10-20-19(24)21-13-16-8-5-9-18(23)22(17(16)14-21)12-15-6-3-2-4-7-15/h2-4,6-7,16-17H,5,8-14H2,1H3,(H,20,24). The van der Waals surface area contributed by atoms with Gasteiger partial charge in [0, 0.05) is 39.7 Å². The predicted octanol–water partition coefficient (Wildman–Crippen LogP) is 1.86.